The van der Waals surface area contributed by atoms with Crippen LogP contribution in [0.25, 0.3) is 38.8 Å². The molecule has 0 amide bonds. The van der Waals surface area contributed by atoms with Gasteiger partial charge in [-0.1, -0.05) is 66.7 Å². The van der Waals surface area contributed by atoms with Gasteiger partial charge in [0.05, 0.1) is 29.9 Å². The number of carbonyl (C=O) groups excluding carboxylic acids is 1. The van der Waals surface area contributed by atoms with E-state index in [4.69, 9.17) is 14.2 Å². The van der Waals surface area contributed by atoms with Crippen LogP contribution in [0.4, 0.5) is 4.39 Å². The van der Waals surface area contributed by atoms with Crippen LogP contribution in [0.5, 0.6) is 11.8 Å². The summed E-state index contributed by atoms with van der Waals surface area (Å²) in [6.07, 6.45) is 1.57. The first-order chi connectivity index (χ1) is 23.4. The zero-order valence-electron chi connectivity index (χ0n) is 26.2. The van der Waals surface area contributed by atoms with Crippen LogP contribution in [-0.4, -0.2) is 37.0 Å². The Kier molecular flexibility index (Phi) is 8.16. The Morgan fingerprint density at radius 3 is 2.23 bits per heavy atom. The van der Waals surface area contributed by atoms with Crippen molar-refractivity contribution in [3.05, 3.63) is 137 Å². The molecule has 0 unspecified atom stereocenters. The standard InChI is InChI=1S/C37H30FN5O5/c1-41-33-18-26(28-17-27-20-39-42(21-35(44)46-2)32(27)19-29(28)38)13-14-30(33)43(37(41)45)31-15-16-34(47-22-24-9-5-3-6-10-24)40-36(31)48-23-25-11-7-4-8-12-25/h3-20H,21-23H2,1-2H3. The molecule has 0 aliphatic heterocycles. The highest BCUT2D eigenvalue weighted by atomic mass is 19.1. The normalized spacial score (nSPS) is 11.2. The molecule has 0 fully saturated rings. The third-order valence-electron chi connectivity index (χ3n) is 8.11. The highest BCUT2D eigenvalue weighted by molar-refractivity contribution is 5.89. The predicted octanol–water partition coefficient (Wildman–Crippen LogP) is 6.21. The molecule has 7 aromatic rings. The summed E-state index contributed by atoms with van der Waals surface area (Å²) in [5.41, 5.74) is 4.56. The van der Waals surface area contributed by atoms with Crippen molar-refractivity contribution in [2.75, 3.05) is 7.11 Å². The van der Waals surface area contributed by atoms with Gasteiger partial charge in [0.25, 0.3) is 0 Å². The molecule has 48 heavy (non-hydrogen) atoms. The zero-order chi connectivity index (χ0) is 33.2. The molecule has 0 aliphatic rings. The third kappa shape index (κ3) is 5.89. The van der Waals surface area contributed by atoms with Crippen LogP contribution in [-0.2, 0) is 36.3 Å². The average molecular weight is 644 g/mol. The minimum absolute atomic E-state index is 0.133. The van der Waals surface area contributed by atoms with Gasteiger partial charge < -0.3 is 14.2 Å². The quantitative estimate of drug-likeness (QED) is 0.163. The van der Waals surface area contributed by atoms with Crippen LogP contribution in [0.1, 0.15) is 11.1 Å². The van der Waals surface area contributed by atoms with E-state index in [-0.39, 0.29) is 24.7 Å². The maximum atomic E-state index is 15.6. The lowest BCUT2D eigenvalue weighted by Gasteiger charge is -2.14. The van der Waals surface area contributed by atoms with Crippen molar-refractivity contribution in [2.45, 2.75) is 19.8 Å². The molecule has 4 aromatic carbocycles. The summed E-state index contributed by atoms with van der Waals surface area (Å²) in [5.74, 6) is -0.408. The van der Waals surface area contributed by atoms with Gasteiger partial charge in [0.15, 0.2) is 0 Å². The lowest BCUT2D eigenvalue weighted by molar-refractivity contribution is -0.141. The van der Waals surface area contributed by atoms with Gasteiger partial charge in [-0.2, -0.15) is 10.1 Å². The van der Waals surface area contributed by atoms with E-state index >= 15 is 4.39 Å². The Balaban J connectivity index is 1.27. The zero-order valence-corrected chi connectivity index (χ0v) is 26.2. The van der Waals surface area contributed by atoms with Gasteiger partial charge in [-0.15, -0.1) is 0 Å². The number of hydrogen-bond acceptors (Lipinski definition) is 7. The second-order valence-electron chi connectivity index (χ2n) is 11.2. The van der Waals surface area contributed by atoms with E-state index in [0.29, 0.717) is 51.2 Å². The highest BCUT2D eigenvalue weighted by Crippen LogP contribution is 2.32. The Morgan fingerprint density at radius 1 is 0.812 bits per heavy atom. The van der Waals surface area contributed by atoms with Crippen molar-refractivity contribution in [3.63, 3.8) is 0 Å². The number of methoxy groups -OCH3 is 1. The second-order valence-corrected chi connectivity index (χ2v) is 11.2. The number of aromatic nitrogens is 5. The molecule has 0 radical (unpaired) electrons. The number of benzene rings is 4. The number of rotatable bonds is 10. The van der Waals surface area contributed by atoms with Gasteiger partial charge in [0, 0.05) is 30.1 Å². The summed E-state index contributed by atoms with van der Waals surface area (Å²) in [7, 11) is 2.95. The first-order valence-electron chi connectivity index (χ1n) is 15.2. The van der Waals surface area contributed by atoms with Crippen molar-refractivity contribution in [3.8, 4) is 28.6 Å². The van der Waals surface area contributed by atoms with Gasteiger partial charge >= 0.3 is 11.7 Å². The number of aryl methyl sites for hydroxylation is 1. The first kappa shape index (κ1) is 30.4. The lowest BCUT2D eigenvalue weighted by Crippen LogP contribution is -2.21. The number of fused-ring (bicyclic) bond motifs is 2. The Morgan fingerprint density at radius 2 is 1.52 bits per heavy atom. The number of ether oxygens (including phenoxy) is 3. The summed E-state index contributed by atoms with van der Waals surface area (Å²) < 4.78 is 36.9. The maximum absolute atomic E-state index is 15.6. The number of carbonyl (C=O) groups is 1. The van der Waals surface area contributed by atoms with Gasteiger partial charge in [-0.25, -0.2) is 9.18 Å². The van der Waals surface area contributed by atoms with E-state index < -0.39 is 11.8 Å². The molecule has 240 valence electrons. The van der Waals surface area contributed by atoms with Crippen LogP contribution >= 0.6 is 0 Å². The van der Waals surface area contributed by atoms with Crippen molar-refractivity contribution in [1.82, 2.24) is 23.9 Å². The molecule has 11 heteroatoms. The summed E-state index contributed by atoms with van der Waals surface area (Å²) in [6.45, 7) is 0.410. The summed E-state index contributed by atoms with van der Waals surface area (Å²) in [5, 5.41) is 4.88. The summed E-state index contributed by atoms with van der Waals surface area (Å²) in [4.78, 5) is 30.3. The van der Waals surface area contributed by atoms with Gasteiger partial charge in [-0.3, -0.25) is 18.6 Å². The molecular weight excluding hydrogens is 613 g/mol. The van der Waals surface area contributed by atoms with Crippen LogP contribution < -0.4 is 15.2 Å². The van der Waals surface area contributed by atoms with Crippen molar-refractivity contribution in [1.29, 1.82) is 0 Å². The van der Waals surface area contributed by atoms with Gasteiger partial charge in [-0.05, 0) is 41.0 Å². The smallest absolute Gasteiger partial charge is 0.333 e. The van der Waals surface area contributed by atoms with Crippen LogP contribution in [0, 0.1) is 5.82 Å². The molecule has 0 saturated heterocycles. The number of imidazole rings is 1. The molecule has 0 aliphatic carbocycles. The molecule has 3 aromatic heterocycles. The molecule has 0 saturated carbocycles. The van der Waals surface area contributed by atoms with Gasteiger partial charge in [0.1, 0.15) is 31.3 Å². The Labute approximate surface area is 274 Å². The largest absolute Gasteiger partial charge is 0.473 e. The minimum atomic E-state index is -0.496. The van der Waals surface area contributed by atoms with Crippen LogP contribution in [0.2, 0.25) is 0 Å². The first-order valence-corrected chi connectivity index (χ1v) is 15.2. The topological polar surface area (TPSA) is 102 Å². The average Bonchev–Trinajstić information content (AvgIpc) is 3.62. The number of halogens is 1. The monoisotopic (exact) mass is 643 g/mol. The Hall–Kier alpha value is -6.23. The van der Waals surface area contributed by atoms with Crippen LogP contribution in [0.15, 0.2) is 114 Å². The van der Waals surface area contributed by atoms with E-state index in [1.54, 1.807) is 49.6 Å². The van der Waals surface area contributed by atoms with E-state index in [2.05, 4.69) is 10.1 Å². The minimum Gasteiger partial charge on any atom is -0.473 e. The maximum Gasteiger partial charge on any atom is 0.333 e. The van der Waals surface area contributed by atoms with Gasteiger partial charge in [0.2, 0.25) is 11.8 Å². The number of esters is 1. The van der Waals surface area contributed by atoms with Crippen molar-refractivity contribution >= 4 is 27.9 Å². The summed E-state index contributed by atoms with van der Waals surface area (Å²) in [6, 6.07) is 31.2. The molecule has 0 spiro atoms. The molecule has 3 heterocycles. The SMILES string of the molecule is COC(=O)Cn1ncc2cc(-c3ccc4c(c3)n(C)c(=O)n4-c3ccc(OCc4ccccc4)nc3OCc3ccccc3)c(F)cc21. The van der Waals surface area contributed by atoms with Crippen LogP contribution in [0.3, 0.4) is 0 Å². The van der Waals surface area contributed by atoms with E-state index in [0.717, 1.165) is 11.1 Å². The fourth-order valence-corrected chi connectivity index (χ4v) is 5.60. The van der Waals surface area contributed by atoms with E-state index in [9.17, 15) is 9.59 Å². The lowest BCUT2D eigenvalue weighted by atomic mass is 10.0. The molecule has 0 bridgehead atoms. The third-order valence-corrected chi connectivity index (χ3v) is 8.11. The van der Waals surface area contributed by atoms with E-state index in [1.807, 2.05) is 60.7 Å². The number of pyridine rings is 1. The Bertz CT molecular complexity index is 2330. The summed E-state index contributed by atoms with van der Waals surface area (Å²) >= 11 is 0. The number of nitrogens with zero attached hydrogens (tertiary/aromatic N) is 5. The molecule has 7 rings (SSSR count). The number of hydrogen-bond donors (Lipinski definition) is 0. The van der Waals surface area contributed by atoms with Crippen molar-refractivity contribution < 1.29 is 23.4 Å². The fraction of sp³-hybridized carbons (Fsp3) is 0.135. The highest BCUT2D eigenvalue weighted by Gasteiger charge is 2.20. The fourth-order valence-electron chi connectivity index (χ4n) is 5.60. The molecular formula is C37H30FN5O5. The molecule has 10 nitrogen and oxygen atoms in total. The van der Waals surface area contributed by atoms with E-state index in [1.165, 1.54) is 27.0 Å². The second kappa shape index (κ2) is 12.9. The van der Waals surface area contributed by atoms with Crippen molar-refractivity contribution in [2.24, 2.45) is 7.05 Å². The predicted molar refractivity (Wildman–Crippen MR) is 179 cm³/mol. The molecule has 0 N–H and O–H groups in total. The molecule has 0 atom stereocenters.